The molecule has 0 amide bonds. The van der Waals surface area contributed by atoms with Gasteiger partial charge in [-0.25, -0.2) is 4.79 Å². The zero-order valence-corrected chi connectivity index (χ0v) is 13.2. The van der Waals surface area contributed by atoms with Crippen LogP contribution in [0.3, 0.4) is 0 Å². The molecule has 22 heavy (non-hydrogen) atoms. The second-order valence-corrected chi connectivity index (χ2v) is 5.28. The molecule has 0 spiro atoms. The minimum atomic E-state index is -0.981. The van der Waals surface area contributed by atoms with Crippen molar-refractivity contribution in [3.63, 3.8) is 0 Å². The van der Waals surface area contributed by atoms with Crippen LogP contribution < -0.4 is 0 Å². The topological polar surface area (TPSA) is 90.1 Å². The minimum absolute atomic E-state index is 0.0944. The first-order chi connectivity index (χ1) is 10.5. The van der Waals surface area contributed by atoms with Crippen molar-refractivity contribution >= 4 is 5.97 Å². The van der Waals surface area contributed by atoms with Gasteiger partial charge in [0.1, 0.15) is 12.2 Å². The molecular weight excluding hydrogens is 292 g/mol. The maximum atomic E-state index is 9.25. The van der Waals surface area contributed by atoms with Crippen LogP contribution >= 0.6 is 0 Å². The molecule has 2 aliphatic rings. The number of hydrogen-bond donors (Lipinski definition) is 1. The van der Waals surface area contributed by atoms with E-state index in [1.807, 2.05) is 13.8 Å². The fourth-order valence-corrected chi connectivity index (χ4v) is 1.36. The van der Waals surface area contributed by atoms with Gasteiger partial charge in [-0.1, -0.05) is 6.58 Å². The Morgan fingerprint density at radius 2 is 1.68 bits per heavy atom. The van der Waals surface area contributed by atoms with Crippen molar-refractivity contribution in [2.24, 2.45) is 0 Å². The van der Waals surface area contributed by atoms with Crippen molar-refractivity contribution in [2.75, 3.05) is 39.6 Å². The van der Waals surface area contributed by atoms with Gasteiger partial charge in [0.05, 0.1) is 51.8 Å². The van der Waals surface area contributed by atoms with E-state index in [-0.39, 0.29) is 12.2 Å². The van der Waals surface area contributed by atoms with Crippen LogP contribution in [0.2, 0.25) is 0 Å². The van der Waals surface area contributed by atoms with Gasteiger partial charge in [-0.3, -0.25) is 0 Å². The molecule has 2 aliphatic heterocycles. The van der Waals surface area contributed by atoms with Gasteiger partial charge in [0.2, 0.25) is 0 Å². The van der Waals surface area contributed by atoms with E-state index in [4.69, 9.17) is 28.8 Å². The molecule has 2 fully saturated rings. The number of hydrogen-bond acceptors (Lipinski definition) is 6. The molecule has 2 saturated heterocycles. The molecule has 128 valence electrons. The van der Waals surface area contributed by atoms with Crippen molar-refractivity contribution in [1.82, 2.24) is 0 Å². The number of epoxide rings is 2. The van der Waals surface area contributed by atoms with Crippen molar-refractivity contribution in [3.8, 4) is 0 Å². The maximum absolute atomic E-state index is 9.25. The number of carboxylic acid groups (broad SMARTS) is 1. The van der Waals surface area contributed by atoms with Crippen molar-refractivity contribution in [2.45, 2.75) is 38.3 Å². The molecular formula is C15H26O7. The lowest BCUT2D eigenvalue weighted by Gasteiger charge is -2.17. The fourth-order valence-electron chi connectivity index (χ4n) is 1.36. The van der Waals surface area contributed by atoms with E-state index in [1.165, 1.54) is 0 Å². The third kappa shape index (κ3) is 11.6. The normalized spacial score (nSPS) is 24.6. The third-order valence-corrected chi connectivity index (χ3v) is 2.82. The van der Waals surface area contributed by atoms with Gasteiger partial charge in [-0.15, -0.1) is 0 Å². The highest BCUT2D eigenvalue weighted by atomic mass is 16.6. The van der Waals surface area contributed by atoms with E-state index in [9.17, 15) is 4.79 Å². The van der Waals surface area contributed by atoms with Crippen molar-refractivity contribution in [3.05, 3.63) is 12.7 Å². The Kier molecular flexibility index (Phi) is 9.26. The predicted octanol–water partition coefficient (Wildman–Crippen LogP) is 0.868. The van der Waals surface area contributed by atoms with E-state index >= 15 is 0 Å². The summed E-state index contributed by atoms with van der Waals surface area (Å²) in [5, 5.41) is 7.60. The molecule has 0 saturated carbocycles. The quantitative estimate of drug-likeness (QED) is 0.446. The summed E-state index contributed by atoms with van der Waals surface area (Å²) >= 11 is 0. The smallest absolute Gasteiger partial charge is 0.327 e. The molecule has 0 aliphatic carbocycles. The molecule has 4 unspecified atom stereocenters. The van der Waals surface area contributed by atoms with E-state index < -0.39 is 5.97 Å². The van der Waals surface area contributed by atoms with Gasteiger partial charge < -0.3 is 28.8 Å². The summed E-state index contributed by atoms with van der Waals surface area (Å²) in [6.07, 6.45) is 1.67. The van der Waals surface area contributed by atoms with Crippen molar-refractivity contribution in [1.29, 1.82) is 0 Å². The van der Waals surface area contributed by atoms with Gasteiger partial charge in [0.25, 0.3) is 0 Å². The highest BCUT2D eigenvalue weighted by Gasteiger charge is 2.24. The Labute approximate surface area is 131 Å². The summed E-state index contributed by atoms with van der Waals surface area (Å²) in [6, 6.07) is 0. The SMILES string of the molecule is C=CC(=O)O.CC(COCC1CO1)OCC(C)OCC1CO1. The van der Waals surface area contributed by atoms with Gasteiger partial charge in [-0.05, 0) is 13.8 Å². The molecule has 0 radical (unpaired) electrons. The molecule has 0 aromatic heterocycles. The second kappa shape index (κ2) is 10.7. The van der Waals surface area contributed by atoms with Crippen LogP contribution in [-0.2, 0) is 28.5 Å². The van der Waals surface area contributed by atoms with Crippen LogP contribution in [0.5, 0.6) is 0 Å². The Hall–Kier alpha value is -0.990. The van der Waals surface area contributed by atoms with E-state index in [0.29, 0.717) is 38.6 Å². The summed E-state index contributed by atoms with van der Waals surface area (Å²) < 4.78 is 26.8. The molecule has 2 heterocycles. The molecule has 2 rings (SSSR count). The van der Waals surface area contributed by atoms with Crippen LogP contribution in [0.25, 0.3) is 0 Å². The summed E-state index contributed by atoms with van der Waals surface area (Å²) in [4.78, 5) is 9.25. The lowest BCUT2D eigenvalue weighted by Crippen LogP contribution is -2.25. The Balaban J connectivity index is 0.000000422. The average molecular weight is 318 g/mol. The van der Waals surface area contributed by atoms with Crippen LogP contribution in [-0.4, -0.2) is 75.1 Å². The van der Waals surface area contributed by atoms with Crippen LogP contribution in [0.4, 0.5) is 0 Å². The first kappa shape index (κ1) is 19.1. The Bertz CT molecular complexity index is 326. The van der Waals surface area contributed by atoms with Crippen LogP contribution in [0, 0.1) is 0 Å². The zero-order valence-electron chi connectivity index (χ0n) is 13.2. The molecule has 4 atom stereocenters. The fraction of sp³-hybridized carbons (Fsp3) is 0.800. The lowest BCUT2D eigenvalue weighted by atomic mass is 10.4. The largest absolute Gasteiger partial charge is 0.478 e. The number of carboxylic acids is 1. The van der Waals surface area contributed by atoms with Crippen molar-refractivity contribution < 1.29 is 33.6 Å². The molecule has 7 heteroatoms. The summed E-state index contributed by atoms with van der Waals surface area (Å²) in [5.41, 5.74) is 0. The summed E-state index contributed by atoms with van der Waals surface area (Å²) in [5.74, 6) is -0.981. The molecule has 0 bridgehead atoms. The third-order valence-electron chi connectivity index (χ3n) is 2.82. The van der Waals surface area contributed by atoms with Gasteiger partial charge in [-0.2, -0.15) is 0 Å². The minimum Gasteiger partial charge on any atom is -0.478 e. The maximum Gasteiger partial charge on any atom is 0.327 e. The Morgan fingerprint density at radius 1 is 1.18 bits per heavy atom. The van der Waals surface area contributed by atoms with Crippen LogP contribution in [0.15, 0.2) is 12.7 Å². The summed E-state index contributed by atoms with van der Waals surface area (Å²) in [6.45, 7) is 11.2. The van der Waals surface area contributed by atoms with E-state index in [0.717, 1.165) is 19.3 Å². The van der Waals surface area contributed by atoms with E-state index in [1.54, 1.807) is 0 Å². The van der Waals surface area contributed by atoms with Gasteiger partial charge in [0.15, 0.2) is 0 Å². The van der Waals surface area contributed by atoms with Crippen LogP contribution in [0.1, 0.15) is 13.8 Å². The van der Waals surface area contributed by atoms with E-state index in [2.05, 4.69) is 6.58 Å². The zero-order chi connectivity index (χ0) is 16.4. The molecule has 1 N–H and O–H groups in total. The second-order valence-electron chi connectivity index (χ2n) is 5.28. The average Bonchev–Trinajstić information content (AvgIpc) is 3.37. The highest BCUT2D eigenvalue weighted by Crippen LogP contribution is 2.11. The van der Waals surface area contributed by atoms with Gasteiger partial charge >= 0.3 is 5.97 Å². The number of rotatable bonds is 11. The number of carbonyl (C=O) groups is 1. The predicted molar refractivity (Wildman–Crippen MR) is 79.0 cm³/mol. The first-order valence-corrected chi connectivity index (χ1v) is 7.40. The monoisotopic (exact) mass is 318 g/mol. The highest BCUT2D eigenvalue weighted by molar-refractivity contribution is 5.78. The lowest BCUT2D eigenvalue weighted by molar-refractivity contribution is -0.131. The number of aliphatic carboxylic acids is 1. The standard InChI is InChI=1S/C12H22O5.C3H4O2/c1-9(3-13-5-11-7-16-11)14-4-10(2)15-6-12-8-17-12;1-2-3(4)5/h9-12H,3-8H2,1-2H3;2H,1H2,(H,4,5). The summed E-state index contributed by atoms with van der Waals surface area (Å²) in [7, 11) is 0. The molecule has 7 nitrogen and oxygen atoms in total. The Morgan fingerprint density at radius 3 is 2.18 bits per heavy atom. The number of ether oxygens (including phenoxy) is 5. The first-order valence-electron chi connectivity index (χ1n) is 7.40. The van der Waals surface area contributed by atoms with Gasteiger partial charge in [0, 0.05) is 6.08 Å². The molecule has 0 aromatic rings. The molecule has 0 aromatic carbocycles.